The van der Waals surface area contributed by atoms with Crippen molar-refractivity contribution in [3.63, 3.8) is 0 Å². The zero-order valence-electron chi connectivity index (χ0n) is 13.3. The van der Waals surface area contributed by atoms with E-state index in [0.717, 1.165) is 25.7 Å². The lowest BCUT2D eigenvalue weighted by atomic mass is 9.92. The van der Waals surface area contributed by atoms with E-state index in [9.17, 15) is 9.90 Å². The number of carbonyl (C=O) groups excluding carboxylic acids is 1. The lowest BCUT2D eigenvalue weighted by Crippen LogP contribution is -2.45. The van der Waals surface area contributed by atoms with Crippen molar-refractivity contribution in [2.75, 3.05) is 6.61 Å². The molecule has 1 aromatic rings. The van der Waals surface area contributed by atoms with Crippen molar-refractivity contribution in [3.05, 3.63) is 21.8 Å². The van der Waals surface area contributed by atoms with Gasteiger partial charge in [0, 0.05) is 0 Å². The van der Waals surface area contributed by atoms with E-state index < -0.39 is 6.10 Å². The zero-order valence-corrected chi connectivity index (χ0v) is 14.9. The van der Waals surface area contributed by atoms with Gasteiger partial charge in [0.25, 0.3) is 5.91 Å². The van der Waals surface area contributed by atoms with Gasteiger partial charge in [-0.2, -0.15) is 0 Å². The number of halogens is 1. The number of hydrogen-bond donors (Lipinski definition) is 2. The van der Waals surface area contributed by atoms with E-state index in [-0.39, 0.29) is 11.9 Å². The summed E-state index contributed by atoms with van der Waals surface area (Å²) in [5, 5.41) is 12.9. The molecule has 1 amide bonds. The number of rotatable bonds is 5. The summed E-state index contributed by atoms with van der Waals surface area (Å²) in [6.45, 7) is 2.49. The molecule has 3 rings (SSSR count). The highest BCUT2D eigenvalue weighted by molar-refractivity contribution is 9.10. The van der Waals surface area contributed by atoms with Gasteiger partial charge in [-0.25, -0.2) is 4.98 Å². The minimum atomic E-state index is -0.453. The maximum Gasteiger partial charge on any atom is 0.253 e. The first kappa shape index (κ1) is 16.7. The van der Waals surface area contributed by atoms with Crippen LogP contribution in [0.5, 0.6) is 5.88 Å². The van der Waals surface area contributed by atoms with E-state index in [2.05, 4.69) is 26.2 Å². The van der Waals surface area contributed by atoms with Crippen LogP contribution in [0, 0.1) is 12.8 Å². The number of hydrogen-bond acceptors (Lipinski definition) is 4. The number of aromatic nitrogens is 1. The monoisotopic (exact) mass is 382 g/mol. The number of carbonyl (C=O) groups is 1. The second kappa shape index (κ2) is 7.18. The predicted molar refractivity (Wildman–Crippen MR) is 90.6 cm³/mol. The van der Waals surface area contributed by atoms with Gasteiger partial charge in [-0.1, -0.05) is 12.8 Å². The van der Waals surface area contributed by atoms with Crippen molar-refractivity contribution in [2.45, 2.75) is 57.6 Å². The van der Waals surface area contributed by atoms with Gasteiger partial charge in [0.05, 0.1) is 34.5 Å². The van der Waals surface area contributed by atoms with Crippen molar-refractivity contribution in [3.8, 4) is 5.88 Å². The molecule has 0 spiro atoms. The highest BCUT2D eigenvalue weighted by atomic mass is 79.9. The molecule has 0 bridgehead atoms. The first-order valence-electron chi connectivity index (χ1n) is 8.33. The Hall–Kier alpha value is -1.14. The Kier molecular flexibility index (Phi) is 5.21. The molecule has 0 saturated heterocycles. The van der Waals surface area contributed by atoms with Crippen molar-refractivity contribution in [1.82, 2.24) is 10.3 Å². The minimum Gasteiger partial charge on any atom is -0.477 e. The molecule has 2 N–H and O–H groups in total. The second-order valence-corrected chi connectivity index (χ2v) is 7.45. The predicted octanol–water partition coefficient (Wildman–Crippen LogP) is 2.97. The van der Waals surface area contributed by atoms with Crippen LogP contribution in [0.2, 0.25) is 0 Å². The van der Waals surface area contributed by atoms with Crippen LogP contribution in [0.15, 0.2) is 10.5 Å². The Bertz CT molecular complexity index is 589. The third-order valence-electron chi connectivity index (χ3n) is 4.58. The summed E-state index contributed by atoms with van der Waals surface area (Å²) in [7, 11) is 0. The highest BCUT2D eigenvalue weighted by Gasteiger charge is 2.26. The number of aliphatic hydroxyl groups excluding tert-OH is 1. The number of ether oxygens (including phenoxy) is 1. The summed E-state index contributed by atoms with van der Waals surface area (Å²) in [4.78, 5) is 16.9. The number of aryl methyl sites for hydroxylation is 1. The van der Waals surface area contributed by atoms with Crippen LogP contribution >= 0.6 is 15.9 Å². The molecule has 1 aromatic heterocycles. The largest absolute Gasteiger partial charge is 0.477 e. The van der Waals surface area contributed by atoms with Crippen LogP contribution in [0.4, 0.5) is 0 Å². The average Bonchev–Trinajstić information content (AvgIpc) is 3.34. The molecular formula is C17H23BrN2O3. The summed E-state index contributed by atoms with van der Waals surface area (Å²) >= 11 is 3.44. The molecule has 1 heterocycles. The number of nitrogens with one attached hydrogen (secondary N) is 1. The number of nitrogens with zero attached hydrogens (tertiary/aromatic N) is 1. The zero-order chi connectivity index (χ0) is 16.4. The van der Waals surface area contributed by atoms with Crippen LogP contribution in [-0.4, -0.2) is 34.8 Å². The molecular weight excluding hydrogens is 360 g/mol. The second-order valence-electron chi connectivity index (χ2n) is 6.59. The van der Waals surface area contributed by atoms with Gasteiger partial charge < -0.3 is 15.2 Å². The smallest absolute Gasteiger partial charge is 0.253 e. The maximum absolute atomic E-state index is 12.5. The van der Waals surface area contributed by atoms with Gasteiger partial charge in [-0.3, -0.25) is 4.79 Å². The lowest BCUT2D eigenvalue weighted by Gasteiger charge is -2.28. The molecule has 6 heteroatoms. The van der Waals surface area contributed by atoms with Crippen molar-refractivity contribution < 1.29 is 14.6 Å². The Morgan fingerprint density at radius 3 is 2.83 bits per heavy atom. The average molecular weight is 383 g/mol. The first-order chi connectivity index (χ1) is 11.0. The third kappa shape index (κ3) is 4.23. The van der Waals surface area contributed by atoms with Crippen molar-refractivity contribution in [2.24, 2.45) is 5.92 Å². The summed E-state index contributed by atoms with van der Waals surface area (Å²) in [6.07, 6.45) is 5.62. The summed E-state index contributed by atoms with van der Waals surface area (Å²) < 4.78 is 6.41. The molecule has 2 aliphatic carbocycles. The van der Waals surface area contributed by atoms with Crippen LogP contribution < -0.4 is 10.1 Å². The normalized spacial score (nSPS) is 24.3. The molecule has 2 aliphatic rings. The minimum absolute atomic E-state index is 0.166. The van der Waals surface area contributed by atoms with Crippen LogP contribution in [-0.2, 0) is 0 Å². The Labute approximate surface area is 145 Å². The van der Waals surface area contributed by atoms with Crippen LogP contribution in [0.1, 0.15) is 54.6 Å². The van der Waals surface area contributed by atoms with Crippen molar-refractivity contribution in [1.29, 1.82) is 0 Å². The van der Waals surface area contributed by atoms with Crippen molar-refractivity contribution >= 4 is 21.8 Å². The van der Waals surface area contributed by atoms with Crippen LogP contribution in [0.3, 0.4) is 0 Å². The van der Waals surface area contributed by atoms with Gasteiger partial charge in [0.15, 0.2) is 0 Å². The summed E-state index contributed by atoms with van der Waals surface area (Å²) in [5.41, 5.74) is 1.16. The topological polar surface area (TPSA) is 71.5 Å². The number of aliphatic hydroxyl groups is 1. The quantitative estimate of drug-likeness (QED) is 0.820. The van der Waals surface area contributed by atoms with E-state index in [1.54, 1.807) is 6.07 Å². The molecule has 2 atom stereocenters. The Balaban J connectivity index is 1.68. The molecule has 23 heavy (non-hydrogen) atoms. The van der Waals surface area contributed by atoms with E-state index in [0.29, 0.717) is 34.1 Å². The fraction of sp³-hybridized carbons (Fsp3) is 0.647. The molecule has 0 radical (unpaired) electrons. The van der Waals surface area contributed by atoms with Crippen LogP contribution in [0.25, 0.3) is 0 Å². The molecule has 5 nitrogen and oxygen atoms in total. The van der Waals surface area contributed by atoms with Gasteiger partial charge >= 0.3 is 0 Å². The maximum atomic E-state index is 12.5. The van der Waals surface area contributed by atoms with E-state index in [1.807, 2.05) is 6.92 Å². The molecule has 2 saturated carbocycles. The SMILES string of the molecule is Cc1nc(OCC2CC2)c(Br)cc1C(=O)N[C@@H]1CCCC[C@H]1O. The summed E-state index contributed by atoms with van der Waals surface area (Å²) in [5.74, 6) is 1.01. The lowest BCUT2D eigenvalue weighted by molar-refractivity contribution is 0.0716. The number of amides is 1. The third-order valence-corrected chi connectivity index (χ3v) is 5.15. The summed E-state index contributed by atoms with van der Waals surface area (Å²) in [6, 6.07) is 1.59. The molecule has 0 aromatic carbocycles. The fourth-order valence-corrected chi connectivity index (χ4v) is 3.33. The standard InChI is InChI=1S/C17H23BrN2O3/c1-10-12(16(22)20-14-4-2-3-5-15(14)21)8-13(18)17(19-10)23-9-11-6-7-11/h8,11,14-15,21H,2-7,9H2,1H3,(H,20,22)/t14-,15-/m1/s1. The van der Waals surface area contributed by atoms with Gasteiger partial charge in [-0.05, 0) is 60.5 Å². The molecule has 126 valence electrons. The van der Waals surface area contributed by atoms with E-state index in [4.69, 9.17) is 4.74 Å². The van der Waals surface area contributed by atoms with Gasteiger partial charge in [-0.15, -0.1) is 0 Å². The molecule has 0 unspecified atom stereocenters. The van der Waals surface area contributed by atoms with Gasteiger partial charge in [0.2, 0.25) is 5.88 Å². The fourth-order valence-electron chi connectivity index (χ4n) is 2.90. The molecule has 2 fully saturated rings. The highest BCUT2D eigenvalue weighted by Crippen LogP contribution is 2.31. The van der Waals surface area contributed by atoms with E-state index >= 15 is 0 Å². The van der Waals surface area contributed by atoms with E-state index in [1.165, 1.54) is 12.8 Å². The Morgan fingerprint density at radius 1 is 1.39 bits per heavy atom. The Morgan fingerprint density at radius 2 is 2.13 bits per heavy atom. The first-order valence-corrected chi connectivity index (χ1v) is 9.12. The van der Waals surface area contributed by atoms with Gasteiger partial charge in [0.1, 0.15) is 0 Å². The molecule has 0 aliphatic heterocycles. The number of pyridine rings is 1.